The van der Waals surface area contributed by atoms with Gasteiger partial charge in [-0.3, -0.25) is 4.90 Å². The molecule has 0 bridgehead atoms. The monoisotopic (exact) mass is 385 g/mol. The van der Waals surface area contributed by atoms with Gasteiger partial charge in [-0.05, 0) is 79.3 Å². The van der Waals surface area contributed by atoms with Gasteiger partial charge in [-0.25, -0.2) is 0 Å². The zero-order chi connectivity index (χ0) is 19.6. The minimum Gasteiger partial charge on any atom is -0.371 e. The van der Waals surface area contributed by atoms with Crippen molar-refractivity contribution < 1.29 is 0 Å². The molecule has 3 heteroatoms. The van der Waals surface area contributed by atoms with Crippen LogP contribution in [0.25, 0.3) is 0 Å². The molecule has 150 valence electrons. The minimum absolute atomic E-state index is 0.668. The van der Waals surface area contributed by atoms with E-state index in [2.05, 4.69) is 40.1 Å². The van der Waals surface area contributed by atoms with Crippen LogP contribution in [0.1, 0.15) is 60.3 Å². The Morgan fingerprint density at radius 1 is 0.828 bits per heavy atom. The van der Waals surface area contributed by atoms with E-state index in [1.807, 2.05) is 18.2 Å². The molecule has 3 nitrogen and oxygen atoms in total. The molecule has 1 saturated heterocycles. The molecule has 2 fully saturated rings. The highest BCUT2D eigenvalue weighted by Gasteiger charge is 2.27. The van der Waals surface area contributed by atoms with Crippen LogP contribution in [0.15, 0.2) is 42.5 Å². The average Bonchev–Trinajstić information content (AvgIpc) is 2.95. The van der Waals surface area contributed by atoms with Crippen LogP contribution in [0.5, 0.6) is 0 Å². The molecule has 0 N–H and O–H groups in total. The normalized spacial score (nSPS) is 21.1. The highest BCUT2D eigenvalue weighted by atomic mass is 15.2. The molecule has 0 unspecified atom stereocenters. The number of rotatable bonds is 3. The van der Waals surface area contributed by atoms with Crippen LogP contribution in [-0.2, 0) is 12.8 Å². The van der Waals surface area contributed by atoms with E-state index in [1.54, 1.807) is 16.7 Å². The lowest BCUT2D eigenvalue weighted by atomic mass is 9.86. The quantitative estimate of drug-likeness (QED) is 0.753. The molecule has 2 aromatic rings. The third-order valence-electron chi connectivity index (χ3n) is 7.46. The van der Waals surface area contributed by atoms with Crippen molar-refractivity contribution in [2.24, 2.45) is 0 Å². The number of fused-ring (bicyclic) bond motifs is 1. The lowest BCUT2D eigenvalue weighted by molar-refractivity contribution is 0.133. The molecular formula is C26H31N3. The van der Waals surface area contributed by atoms with Crippen LogP contribution in [-0.4, -0.2) is 37.1 Å². The SMILES string of the molecule is N#Cc1cccc(N2CCC(c3ccc4c(c3)CCN(C3CCC3)CC4)CC2)c1. The number of benzene rings is 2. The summed E-state index contributed by atoms with van der Waals surface area (Å²) in [5.41, 5.74) is 6.69. The Kier molecular flexibility index (Phi) is 5.29. The van der Waals surface area contributed by atoms with E-state index in [-0.39, 0.29) is 0 Å². The number of hydrogen-bond acceptors (Lipinski definition) is 3. The molecule has 0 atom stereocenters. The van der Waals surface area contributed by atoms with E-state index in [0.29, 0.717) is 5.92 Å². The molecule has 5 rings (SSSR count). The van der Waals surface area contributed by atoms with Crippen molar-refractivity contribution >= 4 is 5.69 Å². The smallest absolute Gasteiger partial charge is 0.0992 e. The predicted molar refractivity (Wildman–Crippen MR) is 118 cm³/mol. The first-order chi connectivity index (χ1) is 14.3. The Balaban J connectivity index is 1.24. The van der Waals surface area contributed by atoms with Crippen LogP contribution < -0.4 is 4.90 Å². The maximum absolute atomic E-state index is 9.16. The summed E-state index contributed by atoms with van der Waals surface area (Å²) in [5, 5.41) is 9.16. The number of hydrogen-bond donors (Lipinski definition) is 0. The summed E-state index contributed by atoms with van der Waals surface area (Å²) in [7, 11) is 0. The standard InChI is InChI=1S/C26H31N3/c27-19-20-3-1-6-26(17-20)29-14-10-22(11-15-29)23-8-7-21-9-13-28(25-4-2-5-25)16-12-24(21)18-23/h1,3,6-8,17-18,22,25H,2,4-5,9-16H2. The van der Waals surface area contributed by atoms with Gasteiger partial charge in [0.25, 0.3) is 0 Å². The van der Waals surface area contributed by atoms with E-state index in [9.17, 15) is 0 Å². The van der Waals surface area contributed by atoms with Crippen molar-refractivity contribution in [3.63, 3.8) is 0 Å². The average molecular weight is 386 g/mol. The molecular weight excluding hydrogens is 354 g/mol. The molecule has 0 amide bonds. The van der Waals surface area contributed by atoms with Crippen molar-refractivity contribution in [3.8, 4) is 6.07 Å². The third-order valence-corrected chi connectivity index (χ3v) is 7.46. The Labute approximate surface area is 174 Å². The summed E-state index contributed by atoms with van der Waals surface area (Å²) >= 11 is 0. The number of anilines is 1. The Morgan fingerprint density at radius 3 is 2.34 bits per heavy atom. The summed E-state index contributed by atoms with van der Waals surface area (Å²) in [5.74, 6) is 0.668. The molecule has 0 aromatic heterocycles. The van der Waals surface area contributed by atoms with Gasteiger partial charge in [-0.1, -0.05) is 30.7 Å². The molecule has 3 aliphatic rings. The second-order valence-corrected chi connectivity index (χ2v) is 9.07. The molecule has 29 heavy (non-hydrogen) atoms. The maximum atomic E-state index is 9.16. The number of piperidine rings is 1. The lowest BCUT2D eigenvalue weighted by Crippen LogP contribution is -2.41. The Bertz CT molecular complexity index is 900. The Morgan fingerprint density at radius 2 is 1.62 bits per heavy atom. The van der Waals surface area contributed by atoms with Gasteiger partial charge in [0.2, 0.25) is 0 Å². The molecule has 2 aliphatic heterocycles. The Hall–Kier alpha value is -2.31. The molecule has 0 radical (unpaired) electrons. The summed E-state index contributed by atoms with van der Waals surface area (Å²) in [6.07, 6.45) is 9.10. The molecule has 0 spiro atoms. The van der Waals surface area contributed by atoms with Crippen LogP contribution in [0.4, 0.5) is 5.69 Å². The largest absolute Gasteiger partial charge is 0.371 e. The van der Waals surface area contributed by atoms with Crippen molar-refractivity contribution in [3.05, 3.63) is 64.7 Å². The fraction of sp³-hybridized carbons (Fsp3) is 0.500. The van der Waals surface area contributed by atoms with Gasteiger partial charge in [0.15, 0.2) is 0 Å². The van der Waals surface area contributed by atoms with E-state index >= 15 is 0 Å². The first-order valence-corrected chi connectivity index (χ1v) is 11.4. The maximum Gasteiger partial charge on any atom is 0.0992 e. The van der Waals surface area contributed by atoms with Gasteiger partial charge in [-0.15, -0.1) is 0 Å². The van der Waals surface area contributed by atoms with Crippen molar-refractivity contribution in [2.45, 2.75) is 56.9 Å². The fourth-order valence-electron chi connectivity index (χ4n) is 5.38. The molecule has 1 aliphatic carbocycles. The van der Waals surface area contributed by atoms with E-state index in [4.69, 9.17) is 5.26 Å². The highest BCUT2D eigenvalue weighted by molar-refractivity contribution is 5.52. The van der Waals surface area contributed by atoms with Crippen molar-refractivity contribution in [1.82, 2.24) is 4.90 Å². The zero-order valence-electron chi connectivity index (χ0n) is 17.3. The van der Waals surface area contributed by atoms with E-state index in [0.717, 1.165) is 24.7 Å². The van der Waals surface area contributed by atoms with Gasteiger partial charge in [-0.2, -0.15) is 5.26 Å². The number of nitrogens with zero attached hydrogens (tertiary/aromatic N) is 3. The van der Waals surface area contributed by atoms with Gasteiger partial charge < -0.3 is 4.90 Å². The van der Waals surface area contributed by atoms with Crippen LogP contribution in [0.2, 0.25) is 0 Å². The molecule has 1 saturated carbocycles. The van der Waals surface area contributed by atoms with E-state index < -0.39 is 0 Å². The summed E-state index contributed by atoms with van der Waals surface area (Å²) in [6.45, 7) is 4.64. The topological polar surface area (TPSA) is 30.3 Å². The van der Waals surface area contributed by atoms with Gasteiger partial charge in [0.05, 0.1) is 11.6 Å². The van der Waals surface area contributed by atoms with Gasteiger partial charge in [0, 0.05) is 37.9 Å². The first-order valence-electron chi connectivity index (χ1n) is 11.4. The summed E-state index contributed by atoms with van der Waals surface area (Å²) in [6, 6.07) is 18.6. The predicted octanol–water partition coefficient (Wildman–Crippen LogP) is 4.90. The summed E-state index contributed by atoms with van der Waals surface area (Å²) < 4.78 is 0. The minimum atomic E-state index is 0.668. The summed E-state index contributed by atoms with van der Waals surface area (Å²) in [4.78, 5) is 5.19. The molecule has 2 heterocycles. The second kappa shape index (κ2) is 8.20. The van der Waals surface area contributed by atoms with Crippen LogP contribution in [0.3, 0.4) is 0 Å². The van der Waals surface area contributed by atoms with Crippen LogP contribution >= 0.6 is 0 Å². The van der Waals surface area contributed by atoms with Gasteiger partial charge in [0.1, 0.15) is 0 Å². The third kappa shape index (κ3) is 3.91. The second-order valence-electron chi connectivity index (χ2n) is 9.07. The van der Waals surface area contributed by atoms with Crippen molar-refractivity contribution in [1.29, 1.82) is 5.26 Å². The van der Waals surface area contributed by atoms with Crippen LogP contribution in [0, 0.1) is 11.3 Å². The van der Waals surface area contributed by atoms with Crippen molar-refractivity contribution in [2.75, 3.05) is 31.1 Å². The zero-order valence-corrected chi connectivity index (χ0v) is 17.3. The van der Waals surface area contributed by atoms with Gasteiger partial charge >= 0.3 is 0 Å². The highest BCUT2D eigenvalue weighted by Crippen LogP contribution is 2.33. The first kappa shape index (κ1) is 18.7. The number of nitriles is 1. The molecule has 2 aromatic carbocycles. The fourth-order valence-corrected chi connectivity index (χ4v) is 5.38. The lowest BCUT2D eigenvalue weighted by Gasteiger charge is -2.36. The van der Waals surface area contributed by atoms with E-state index in [1.165, 1.54) is 63.7 Å².